The predicted molar refractivity (Wildman–Crippen MR) is 44.2 cm³/mol. The summed E-state index contributed by atoms with van der Waals surface area (Å²) in [4.78, 5) is 10.5. The molecule has 0 heterocycles. The largest absolute Gasteiger partial charge is 0.396 e. The van der Waals surface area contributed by atoms with Gasteiger partial charge >= 0.3 is 0 Å². The van der Waals surface area contributed by atoms with Crippen LogP contribution < -0.4 is 5.32 Å². The van der Waals surface area contributed by atoms with Crippen LogP contribution in [-0.4, -0.2) is 24.2 Å². The fraction of sp³-hybridized carbons (Fsp3) is 0.875. The Labute approximate surface area is 67.8 Å². The normalized spacial score (nSPS) is 11.3. The highest BCUT2D eigenvalue weighted by atomic mass is 16.3. The van der Waals surface area contributed by atoms with E-state index < -0.39 is 0 Å². The van der Waals surface area contributed by atoms with Gasteiger partial charge < -0.3 is 10.4 Å². The van der Waals surface area contributed by atoms with Crippen LogP contribution in [0.3, 0.4) is 0 Å². The maximum Gasteiger partial charge on any atom is 0.216 e. The van der Waals surface area contributed by atoms with E-state index >= 15 is 0 Å². The summed E-state index contributed by atoms with van der Waals surface area (Å²) in [7, 11) is 0. The summed E-state index contributed by atoms with van der Waals surface area (Å²) in [5.41, 5.74) is 0.000417. The number of aliphatic hydroxyl groups is 1. The molecule has 0 spiro atoms. The van der Waals surface area contributed by atoms with Gasteiger partial charge in [0.25, 0.3) is 0 Å². The van der Waals surface area contributed by atoms with Gasteiger partial charge in [0.15, 0.2) is 0 Å². The zero-order valence-electron chi connectivity index (χ0n) is 7.48. The Kier molecular flexibility index (Phi) is 4.11. The first-order valence-electron chi connectivity index (χ1n) is 3.83. The molecule has 0 saturated heterocycles. The lowest BCUT2D eigenvalue weighted by atomic mass is 9.90. The molecule has 2 N–H and O–H groups in total. The maximum absolute atomic E-state index is 10.5. The van der Waals surface area contributed by atoms with Crippen LogP contribution in [0.25, 0.3) is 0 Å². The van der Waals surface area contributed by atoms with Crippen LogP contribution in [0.4, 0.5) is 0 Å². The third kappa shape index (κ3) is 5.85. The minimum atomic E-state index is -0.0176. The average Bonchev–Trinajstić information content (AvgIpc) is 1.84. The minimum absolute atomic E-state index is 0.000417. The number of hydrogen-bond donors (Lipinski definition) is 2. The number of aliphatic hydroxyl groups excluding tert-OH is 1. The molecule has 11 heavy (non-hydrogen) atoms. The summed E-state index contributed by atoms with van der Waals surface area (Å²) in [6.07, 6.45) is 0.716. The highest BCUT2D eigenvalue weighted by Gasteiger charge is 2.16. The fourth-order valence-corrected chi connectivity index (χ4v) is 0.755. The Hall–Kier alpha value is -0.570. The van der Waals surface area contributed by atoms with Crippen molar-refractivity contribution in [3.05, 3.63) is 0 Å². The van der Waals surface area contributed by atoms with E-state index in [0.29, 0.717) is 13.0 Å². The maximum atomic E-state index is 10.5. The van der Waals surface area contributed by atoms with E-state index in [1.54, 1.807) is 0 Å². The van der Waals surface area contributed by atoms with Crippen molar-refractivity contribution >= 4 is 5.91 Å². The number of nitrogens with one attached hydrogen (secondary N) is 1. The summed E-state index contributed by atoms with van der Waals surface area (Å²) in [5.74, 6) is -0.0176. The molecule has 0 aliphatic heterocycles. The Morgan fingerprint density at radius 2 is 2.09 bits per heavy atom. The Morgan fingerprint density at radius 3 is 2.45 bits per heavy atom. The third-order valence-corrected chi connectivity index (χ3v) is 1.60. The smallest absolute Gasteiger partial charge is 0.216 e. The van der Waals surface area contributed by atoms with Gasteiger partial charge in [-0.05, 0) is 11.8 Å². The van der Waals surface area contributed by atoms with Crippen molar-refractivity contribution in [3.8, 4) is 0 Å². The molecule has 0 aliphatic rings. The summed E-state index contributed by atoms with van der Waals surface area (Å²) in [5, 5.41) is 11.4. The van der Waals surface area contributed by atoms with Gasteiger partial charge in [-0.1, -0.05) is 13.8 Å². The van der Waals surface area contributed by atoms with Gasteiger partial charge in [0.2, 0.25) is 5.91 Å². The van der Waals surface area contributed by atoms with Crippen molar-refractivity contribution in [2.75, 3.05) is 13.2 Å². The number of hydrogen-bond acceptors (Lipinski definition) is 2. The Bertz CT molecular complexity index is 132. The van der Waals surface area contributed by atoms with Gasteiger partial charge in [-0.2, -0.15) is 0 Å². The average molecular weight is 159 g/mol. The quantitative estimate of drug-likeness (QED) is 0.628. The van der Waals surface area contributed by atoms with Gasteiger partial charge in [-0.3, -0.25) is 4.79 Å². The minimum Gasteiger partial charge on any atom is -0.396 e. The zero-order chi connectivity index (χ0) is 8.91. The molecule has 0 unspecified atom stereocenters. The van der Waals surface area contributed by atoms with E-state index in [0.717, 1.165) is 0 Å². The van der Waals surface area contributed by atoms with Crippen molar-refractivity contribution in [2.24, 2.45) is 5.41 Å². The van der Waals surface area contributed by atoms with Gasteiger partial charge in [0.05, 0.1) is 0 Å². The van der Waals surface area contributed by atoms with Gasteiger partial charge in [0.1, 0.15) is 0 Å². The lowest BCUT2D eigenvalue weighted by molar-refractivity contribution is -0.119. The molecule has 0 atom stereocenters. The lowest BCUT2D eigenvalue weighted by Crippen LogP contribution is -2.33. The monoisotopic (exact) mass is 159 g/mol. The van der Waals surface area contributed by atoms with E-state index in [4.69, 9.17) is 5.11 Å². The molecule has 3 nitrogen and oxygen atoms in total. The standard InChI is InChI=1S/C8H17NO2/c1-7(11)9-6-8(2,3)4-5-10/h10H,4-6H2,1-3H3,(H,9,11). The summed E-state index contributed by atoms with van der Waals surface area (Å²) in [6, 6.07) is 0. The first kappa shape index (κ1) is 10.4. The van der Waals surface area contributed by atoms with E-state index in [1.165, 1.54) is 6.92 Å². The number of rotatable bonds is 4. The van der Waals surface area contributed by atoms with Crippen molar-refractivity contribution < 1.29 is 9.90 Å². The second-order valence-corrected chi connectivity index (χ2v) is 3.55. The molecule has 0 aromatic carbocycles. The fourth-order valence-electron chi connectivity index (χ4n) is 0.755. The molecule has 0 aromatic rings. The van der Waals surface area contributed by atoms with Crippen molar-refractivity contribution in [2.45, 2.75) is 27.2 Å². The molecule has 0 aliphatic carbocycles. The number of carbonyl (C=O) groups is 1. The number of amides is 1. The van der Waals surface area contributed by atoms with Crippen molar-refractivity contribution in [1.82, 2.24) is 5.32 Å². The van der Waals surface area contributed by atoms with Crippen molar-refractivity contribution in [3.63, 3.8) is 0 Å². The Balaban J connectivity index is 3.63. The van der Waals surface area contributed by atoms with Crippen LogP contribution in [0, 0.1) is 5.41 Å². The zero-order valence-corrected chi connectivity index (χ0v) is 7.48. The van der Waals surface area contributed by atoms with E-state index in [9.17, 15) is 4.79 Å². The van der Waals surface area contributed by atoms with Gasteiger partial charge in [-0.15, -0.1) is 0 Å². The summed E-state index contributed by atoms with van der Waals surface area (Å²) in [6.45, 7) is 6.32. The summed E-state index contributed by atoms with van der Waals surface area (Å²) >= 11 is 0. The first-order chi connectivity index (χ1) is 4.98. The molecule has 1 amide bonds. The van der Waals surface area contributed by atoms with Crippen molar-refractivity contribution in [1.29, 1.82) is 0 Å². The van der Waals surface area contributed by atoms with Crippen LogP contribution in [0.15, 0.2) is 0 Å². The molecule has 3 heteroatoms. The topological polar surface area (TPSA) is 49.3 Å². The van der Waals surface area contributed by atoms with Crippen LogP contribution in [0.2, 0.25) is 0 Å². The van der Waals surface area contributed by atoms with Gasteiger partial charge in [-0.25, -0.2) is 0 Å². The van der Waals surface area contributed by atoms with Crippen LogP contribution in [0.1, 0.15) is 27.2 Å². The van der Waals surface area contributed by atoms with E-state index in [-0.39, 0.29) is 17.9 Å². The predicted octanol–water partition coefficient (Wildman–Crippen LogP) is 0.531. The van der Waals surface area contributed by atoms with Crippen LogP contribution >= 0.6 is 0 Å². The SMILES string of the molecule is CC(=O)NCC(C)(C)CCO. The first-order valence-corrected chi connectivity index (χ1v) is 3.83. The highest BCUT2D eigenvalue weighted by molar-refractivity contribution is 5.72. The molecule has 0 saturated carbocycles. The van der Waals surface area contributed by atoms with Crippen LogP contribution in [0.5, 0.6) is 0 Å². The molecular weight excluding hydrogens is 142 g/mol. The molecule has 0 radical (unpaired) electrons. The highest BCUT2D eigenvalue weighted by Crippen LogP contribution is 2.17. The van der Waals surface area contributed by atoms with E-state index in [2.05, 4.69) is 5.32 Å². The Morgan fingerprint density at radius 1 is 1.55 bits per heavy atom. The van der Waals surface area contributed by atoms with E-state index in [1.807, 2.05) is 13.8 Å². The van der Waals surface area contributed by atoms with Crippen LogP contribution in [-0.2, 0) is 4.79 Å². The summed E-state index contributed by atoms with van der Waals surface area (Å²) < 4.78 is 0. The molecule has 66 valence electrons. The third-order valence-electron chi connectivity index (χ3n) is 1.60. The van der Waals surface area contributed by atoms with Gasteiger partial charge in [0, 0.05) is 20.1 Å². The molecule has 0 bridgehead atoms. The molecule has 0 fully saturated rings. The number of carbonyl (C=O) groups excluding carboxylic acids is 1. The molecule has 0 rings (SSSR count). The second kappa shape index (κ2) is 4.34. The lowest BCUT2D eigenvalue weighted by Gasteiger charge is -2.23. The molecular formula is C8H17NO2. The molecule has 0 aromatic heterocycles. The second-order valence-electron chi connectivity index (χ2n) is 3.55.